The van der Waals surface area contributed by atoms with E-state index in [1.807, 2.05) is 12.1 Å². The molecule has 0 spiro atoms. The Kier molecular flexibility index (Phi) is 6.52. The molecule has 2 aliphatic heterocycles. The minimum Gasteiger partial charge on any atom is -0.338 e. The molecule has 2 atom stereocenters. The number of aromatic nitrogens is 1. The Labute approximate surface area is 182 Å². The Morgan fingerprint density at radius 2 is 1.77 bits per heavy atom. The quantitative estimate of drug-likeness (QED) is 0.765. The Morgan fingerprint density at radius 1 is 1.06 bits per heavy atom. The molecule has 2 amide bonds. The normalized spacial score (nSPS) is 23.2. The van der Waals surface area contributed by atoms with Crippen molar-refractivity contribution in [3.63, 3.8) is 0 Å². The van der Waals surface area contributed by atoms with Crippen LogP contribution >= 0.6 is 0 Å². The molecular formula is C22H27FN4O3S. The first-order valence-corrected chi connectivity index (χ1v) is 12.1. The zero-order valence-electron chi connectivity index (χ0n) is 17.3. The lowest BCUT2D eigenvalue weighted by Gasteiger charge is -2.22. The minimum absolute atomic E-state index is 0.0313. The smallest absolute Gasteiger partial charge is 0.317 e. The molecule has 0 aliphatic carbocycles. The molecular weight excluding hydrogens is 419 g/mol. The van der Waals surface area contributed by atoms with Crippen molar-refractivity contribution in [1.29, 1.82) is 0 Å². The van der Waals surface area contributed by atoms with E-state index in [-0.39, 0.29) is 17.8 Å². The van der Waals surface area contributed by atoms with Gasteiger partial charge in [0.2, 0.25) is 10.0 Å². The van der Waals surface area contributed by atoms with Crippen molar-refractivity contribution in [3.8, 4) is 0 Å². The average molecular weight is 447 g/mol. The van der Waals surface area contributed by atoms with Crippen molar-refractivity contribution < 1.29 is 17.6 Å². The van der Waals surface area contributed by atoms with Crippen LogP contribution in [0.5, 0.6) is 0 Å². The number of benzene rings is 1. The van der Waals surface area contributed by atoms with Crippen molar-refractivity contribution in [3.05, 3.63) is 65.7 Å². The molecule has 1 N–H and O–H groups in total. The second-order valence-electron chi connectivity index (χ2n) is 8.16. The van der Waals surface area contributed by atoms with Gasteiger partial charge in [0, 0.05) is 45.1 Å². The van der Waals surface area contributed by atoms with E-state index in [1.54, 1.807) is 33.7 Å². The highest BCUT2D eigenvalue weighted by atomic mass is 32.2. The average Bonchev–Trinajstić information content (AvgIpc) is 2.90. The molecule has 0 unspecified atom stereocenters. The number of hydrogen-bond acceptors (Lipinski definition) is 4. The lowest BCUT2D eigenvalue weighted by Crippen LogP contribution is -2.42. The number of urea groups is 1. The summed E-state index contributed by atoms with van der Waals surface area (Å²) < 4.78 is 40.7. The van der Waals surface area contributed by atoms with Gasteiger partial charge < -0.3 is 10.2 Å². The summed E-state index contributed by atoms with van der Waals surface area (Å²) in [6.45, 7) is 2.28. The van der Waals surface area contributed by atoms with Gasteiger partial charge in [-0.15, -0.1) is 0 Å². The maximum atomic E-state index is 13.1. The van der Waals surface area contributed by atoms with Crippen LogP contribution in [-0.2, 0) is 23.0 Å². The number of pyridine rings is 1. The van der Waals surface area contributed by atoms with E-state index in [9.17, 15) is 17.6 Å². The molecule has 2 fully saturated rings. The Bertz CT molecular complexity index is 1000. The third-order valence-corrected chi connectivity index (χ3v) is 8.54. The number of nitrogens with zero attached hydrogens (tertiary/aromatic N) is 3. The van der Waals surface area contributed by atoms with E-state index in [1.165, 1.54) is 12.1 Å². The number of rotatable bonds is 5. The first-order valence-electron chi connectivity index (χ1n) is 10.6. The molecule has 2 saturated heterocycles. The molecule has 1 aromatic carbocycles. The zero-order valence-corrected chi connectivity index (χ0v) is 18.1. The van der Waals surface area contributed by atoms with Crippen LogP contribution < -0.4 is 5.32 Å². The molecule has 2 aliphatic rings. The standard InChI is InChI=1S/C22H27FN4O3S/c23-20-3-1-17(2-4-20)7-12-25-22(28)26-13-8-19-16-27(15-18-5-10-24-11-6-18)31(29,30)21(19)9-14-26/h1-6,10-11,19,21H,7-9,12-16H2,(H,25,28)/t19-,21-/m1/s1. The molecule has 1 aromatic heterocycles. The number of likely N-dealkylation sites (tertiary alicyclic amines) is 1. The number of carbonyl (C=O) groups excluding carboxylic acids is 1. The van der Waals surface area contributed by atoms with Crippen LogP contribution in [0.4, 0.5) is 9.18 Å². The molecule has 0 radical (unpaired) electrons. The zero-order chi connectivity index (χ0) is 21.8. The van der Waals surface area contributed by atoms with Gasteiger partial charge in [0.1, 0.15) is 5.82 Å². The first-order chi connectivity index (χ1) is 14.9. The minimum atomic E-state index is -3.39. The summed E-state index contributed by atoms with van der Waals surface area (Å²) in [6, 6.07) is 9.72. The van der Waals surface area contributed by atoms with Crippen molar-refractivity contribution in [2.24, 2.45) is 5.92 Å². The monoisotopic (exact) mass is 446 g/mol. The van der Waals surface area contributed by atoms with Gasteiger partial charge in [0.15, 0.2) is 0 Å². The first kappa shape index (κ1) is 21.7. The van der Waals surface area contributed by atoms with Gasteiger partial charge in [-0.3, -0.25) is 4.98 Å². The number of hydrogen-bond donors (Lipinski definition) is 1. The Balaban J connectivity index is 1.30. The van der Waals surface area contributed by atoms with Crippen molar-refractivity contribution in [2.75, 3.05) is 26.2 Å². The highest BCUT2D eigenvalue weighted by Gasteiger charge is 2.47. The third kappa shape index (κ3) is 5.04. The highest BCUT2D eigenvalue weighted by Crippen LogP contribution is 2.35. The van der Waals surface area contributed by atoms with Crippen LogP contribution in [0.15, 0.2) is 48.8 Å². The summed E-state index contributed by atoms with van der Waals surface area (Å²) in [5.41, 5.74) is 1.88. The fourth-order valence-corrected chi connectivity index (χ4v) is 6.65. The van der Waals surface area contributed by atoms with Gasteiger partial charge in [0.05, 0.1) is 5.25 Å². The number of sulfonamides is 1. The van der Waals surface area contributed by atoms with Gasteiger partial charge in [-0.1, -0.05) is 12.1 Å². The maximum absolute atomic E-state index is 13.1. The number of carbonyl (C=O) groups is 1. The molecule has 166 valence electrons. The van der Waals surface area contributed by atoms with Gasteiger partial charge >= 0.3 is 6.03 Å². The van der Waals surface area contributed by atoms with Crippen LogP contribution in [-0.4, -0.2) is 60.1 Å². The van der Waals surface area contributed by atoms with Gasteiger partial charge in [-0.25, -0.2) is 17.6 Å². The summed E-state index contributed by atoms with van der Waals surface area (Å²) in [7, 11) is -3.39. The number of amides is 2. The SMILES string of the molecule is O=C(NCCc1ccc(F)cc1)N1CC[C@@H]2CN(Cc3ccncc3)S(=O)(=O)[C@@H]2CC1. The van der Waals surface area contributed by atoms with E-state index in [2.05, 4.69) is 10.3 Å². The Morgan fingerprint density at radius 3 is 2.52 bits per heavy atom. The van der Waals surface area contributed by atoms with Crippen molar-refractivity contribution in [2.45, 2.75) is 31.1 Å². The van der Waals surface area contributed by atoms with E-state index < -0.39 is 15.3 Å². The summed E-state index contributed by atoms with van der Waals surface area (Å²) in [5.74, 6) is -0.249. The largest absolute Gasteiger partial charge is 0.338 e. The second kappa shape index (κ2) is 9.32. The van der Waals surface area contributed by atoms with Crippen LogP contribution in [0.2, 0.25) is 0 Å². The molecule has 9 heteroatoms. The predicted octanol–water partition coefficient (Wildman–Crippen LogP) is 2.40. The van der Waals surface area contributed by atoms with Crippen LogP contribution in [0.3, 0.4) is 0 Å². The summed E-state index contributed by atoms with van der Waals surface area (Å²) in [4.78, 5) is 18.3. The molecule has 0 saturated carbocycles. The number of fused-ring (bicyclic) bond motifs is 1. The maximum Gasteiger partial charge on any atom is 0.317 e. The van der Waals surface area contributed by atoms with Gasteiger partial charge in [-0.05, 0) is 60.6 Å². The highest BCUT2D eigenvalue weighted by molar-refractivity contribution is 7.90. The van der Waals surface area contributed by atoms with Crippen molar-refractivity contribution >= 4 is 16.1 Å². The third-order valence-electron chi connectivity index (χ3n) is 6.16. The Hall–Kier alpha value is -2.52. The number of halogens is 1. The van der Waals surface area contributed by atoms with E-state index in [0.717, 1.165) is 11.1 Å². The second-order valence-corrected chi connectivity index (χ2v) is 10.3. The van der Waals surface area contributed by atoms with Crippen LogP contribution in [0.25, 0.3) is 0 Å². The lowest BCUT2D eigenvalue weighted by molar-refractivity contribution is 0.198. The van der Waals surface area contributed by atoms with E-state index in [0.29, 0.717) is 52.0 Å². The molecule has 3 heterocycles. The van der Waals surface area contributed by atoms with Gasteiger partial charge in [0.25, 0.3) is 0 Å². The van der Waals surface area contributed by atoms with Crippen LogP contribution in [0, 0.1) is 11.7 Å². The molecule has 0 bridgehead atoms. The summed E-state index contributed by atoms with van der Waals surface area (Å²) in [6.07, 6.45) is 5.07. The molecule has 2 aromatic rings. The fraction of sp³-hybridized carbons (Fsp3) is 0.455. The topological polar surface area (TPSA) is 82.6 Å². The molecule has 31 heavy (non-hydrogen) atoms. The van der Waals surface area contributed by atoms with E-state index in [4.69, 9.17) is 0 Å². The summed E-state index contributed by atoms with van der Waals surface area (Å²) >= 11 is 0. The lowest BCUT2D eigenvalue weighted by atomic mass is 10.0. The predicted molar refractivity (Wildman–Crippen MR) is 115 cm³/mol. The van der Waals surface area contributed by atoms with Crippen LogP contribution in [0.1, 0.15) is 24.0 Å². The molecule has 7 nitrogen and oxygen atoms in total. The van der Waals surface area contributed by atoms with Crippen molar-refractivity contribution in [1.82, 2.24) is 19.5 Å². The molecule has 4 rings (SSSR count). The van der Waals surface area contributed by atoms with E-state index >= 15 is 0 Å². The summed E-state index contributed by atoms with van der Waals surface area (Å²) in [5, 5.41) is 2.46. The fourth-order valence-electron chi connectivity index (χ4n) is 4.42. The number of nitrogens with one attached hydrogen (secondary N) is 1. The van der Waals surface area contributed by atoms with Gasteiger partial charge in [-0.2, -0.15) is 4.31 Å².